The van der Waals surface area contributed by atoms with Crippen LogP contribution in [0, 0.1) is 0 Å². The van der Waals surface area contributed by atoms with E-state index in [1.54, 1.807) is 0 Å². The average molecular weight is 217 g/mol. The Balaban J connectivity index is -0.000000107. The van der Waals surface area contributed by atoms with Crippen LogP contribution in [0.5, 0.6) is 0 Å². The van der Waals surface area contributed by atoms with Gasteiger partial charge in [-0.05, 0) is 0 Å². The standard InChI is InChI=1S/2CH3NO3.Zn/c2*2-5-1(3)4;/h2*2H2,(H,3,4);/q;;+2/p-2. The molecule has 0 spiro atoms. The summed E-state index contributed by atoms with van der Waals surface area (Å²) in [5.74, 6) is 8.02. The second kappa shape index (κ2) is 11.8. The molecule has 0 aliphatic carbocycles. The second-order valence-electron chi connectivity index (χ2n) is 0.736. The summed E-state index contributed by atoms with van der Waals surface area (Å²) >= 11 is 0. The average Bonchev–Trinajstić information content (AvgIpc) is 1.89. The van der Waals surface area contributed by atoms with E-state index in [4.69, 9.17) is 19.8 Å². The molecule has 0 bridgehead atoms. The fraction of sp³-hybridized carbons (Fsp3) is 0. The van der Waals surface area contributed by atoms with E-state index in [1.807, 2.05) is 0 Å². The van der Waals surface area contributed by atoms with Gasteiger partial charge in [0.1, 0.15) is 0 Å². The Morgan fingerprint density at radius 3 is 1.09 bits per heavy atom. The molecule has 0 amide bonds. The number of nitrogens with two attached hydrogens (primary N) is 2. The molecule has 0 unspecified atom stereocenters. The van der Waals surface area contributed by atoms with Gasteiger partial charge in [-0.1, -0.05) is 0 Å². The third-order valence-corrected chi connectivity index (χ3v) is 0.192. The maximum Gasteiger partial charge on any atom is 2.00 e. The van der Waals surface area contributed by atoms with Crippen LogP contribution in [0.2, 0.25) is 0 Å². The quantitative estimate of drug-likeness (QED) is 0.312. The van der Waals surface area contributed by atoms with Gasteiger partial charge >= 0.3 is 19.5 Å². The summed E-state index contributed by atoms with van der Waals surface area (Å²) in [7, 11) is 0. The first kappa shape index (κ1) is 16.6. The SMILES string of the molecule is NOC(=O)[O-].NOC(=O)[O-].[Zn+2]. The van der Waals surface area contributed by atoms with E-state index in [0.29, 0.717) is 0 Å². The van der Waals surface area contributed by atoms with Crippen LogP contribution in [0.3, 0.4) is 0 Å². The van der Waals surface area contributed by atoms with Gasteiger partial charge in [-0.25, -0.2) is 11.8 Å². The van der Waals surface area contributed by atoms with Crippen LogP contribution in [-0.2, 0) is 29.2 Å². The van der Waals surface area contributed by atoms with E-state index < -0.39 is 12.3 Å². The molecule has 60 valence electrons. The summed E-state index contributed by atoms with van der Waals surface area (Å²) in [5, 5.41) is 17.8. The molecule has 9 heteroatoms. The molecule has 0 radical (unpaired) electrons. The summed E-state index contributed by atoms with van der Waals surface area (Å²) in [5.41, 5.74) is 0. The summed E-state index contributed by atoms with van der Waals surface area (Å²) in [6, 6.07) is 0. The molecule has 0 aliphatic rings. The number of rotatable bonds is 0. The normalized spacial score (nSPS) is 6.00. The van der Waals surface area contributed by atoms with Crippen molar-refractivity contribution in [3.8, 4) is 0 Å². The van der Waals surface area contributed by atoms with Crippen LogP contribution in [0.1, 0.15) is 0 Å². The molecule has 11 heavy (non-hydrogen) atoms. The molecule has 0 saturated carbocycles. The predicted octanol–water partition coefficient (Wildman–Crippen LogP) is -3.56. The van der Waals surface area contributed by atoms with E-state index in [-0.39, 0.29) is 19.5 Å². The molecule has 0 heterocycles. The summed E-state index contributed by atoms with van der Waals surface area (Å²) in [6.45, 7) is 0. The van der Waals surface area contributed by atoms with E-state index in [1.165, 1.54) is 0 Å². The third-order valence-electron chi connectivity index (χ3n) is 0.192. The molecular weight excluding hydrogens is 213 g/mol. The summed E-state index contributed by atoms with van der Waals surface area (Å²) < 4.78 is 0. The maximum atomic E-state index is 8.91. The van der Waals surface area contributed by atoms with Crippen molar-refractivity contribution in [3.63, 3.8) is 0 Å². The van der Waals surface area contributed by atoms with Crippen molar-refractivity contribution < 1.29 is 49.0 Å². The minimum Gasteiger partial charge on any atom is -0.472 e. The molecule has 0 aliphatic heterocycles. The van der Waals surface area contributed by atoms with Crippen molar-refractivity contribution in [2.75, 3.05) is 0 Å². The number of carboxylic acid groups (broad SMARTS) is 2. The Morgan fingerprint density at radius 2 is 1.09 bits per heavy atom. The molecular formula is C2H4N2O6Zn. The predicted molar refractivity (Wildman–Crippen MR) is 21.3 cm³/mol. The molecule has 0 fully saturated rings. The van der Waals surface area contributed by atoms with Crippen LogP contribution < -0.4 is 22.0 Å². The number of carbonyl (C=O) groups excluding carboxylic acids is 2. The van der Waals surface area contributed by atoms with Crippen LogP contribution in [-0.4, -0.2) is 12.3 Å². The number of hydrogen-bond acceptors (Lipinski definition) is 8. The van der Waals surface area contributed by atoms with Gasteiger partial charge in [-0.15, -0.1) is 0 Å². The Kier molecular flexibility index (Phi) is 17.8. The van der Waals surface area contributed by atoms with Crippen LogP contribution in [0.15, 0.2) is 0 Å². The van der Waals surface area contributed by atoms with Crippen molar-refractivity contribution in [2.24, 2.45) is 11.8 Å². The van der Waals surface area contributed by atoms with Crippen molar-refractivity contribution in [2.45, 2.75) is 0 Å². The van der Waals surface area contributed by atoms with E-state index in [9.17, 15) is 0 Å². The summed E-state index contributed by atoms with van der Waals surface area (Å²) in [4.78, 5) is 23.9. The Morgan fingerprint density at radius 1 is 1.00 bits per heavy atom. The van der Waals surface area contributed by atoms with Gasteiger partial charge in [-0.2, -0.15) is 0 Å². The number of carbonyl (C=O) groups is 2. The van der Waals surface area contributed by atoms with Gasteiger partial charge < -0.3 is 29.5 Å². The third kappa shape index (κ3) is 47.9. The first-order chi connectivity index (χ1) is 4.54. The molecule has 4 N–H and O–H groups in total. The second-order valence-corrected chi connectivity index (χ2v) is 0.736. The largest absolute Gasteiger partial charge is 2.00 e. The fourth-order valence-corrected chi connectivity index (χ4v) is 0. The van der Waals surface area contributed by atoms with E-state index in [0.717, 1.165) is 0 Å². The molecule has 0 rings (SSSR count). The summed E-state index contributed by atoms with van der Waals surface area (Å²) in [6.07, 6.45) is -3.44. The van der Waals surface area contributed by atoms with Gasteiger partial charge in [0, 0.05) is 0 Å². The van der Waals surface area contributed by atoms with Gasteiger partial charge in [0.15, 0.2) is 0 Å². The Hall–Kier alpha value is -0.917. The topological polar surface area (TPSA) is 151 Å². The minimum absolute atomic E-state index is 0. The molecule has 0 aromatic rings. The van der Waals surface area contributed by atoms with E-state index >= 15 is 0 Å². The maximum absolute atomic E-state index is 8.91. The van der Waals surface area contributed by atoms with Gasteiger partial charge in [0.2, 0.25) is 0 Å². The number of hydrogen-bond donors (Lipinski definition) is 2. The molecule has 0 saturated heterocycles. The Labute approximate surface area is 73.7 Å². The van der Waals surface area contributed by atoms with Crippen LogP contribution in [0.25, 0.3) is 0 Å². The molecule has 0 aromatic heterocycles. The smallest absolute Gasteiger partial charge is 0.472 e. The molecule has 8 nitrogen and oxygen atoms in total. The van der Waals surface area contributed by atoms with Crippen molar-refractivity contribution in [1.82, 2.24) is 0 Å². The van der Waals surface area contributed by atoms with Gasteiger partial charge in [0.25, 0.3) is 12.3 Å². The van der Waals surface area contributed by atoms with Crippen LogP contribution >= 0.6 is 0 Å². The fourth-order valence-electron chi connectivity index (χ4n) is 0. The van der Waals surface area contributed by atoms with Gasteiger partial charge in [0.05, 0.1) is 0 Å². The molecule has 0 atom stereocenters. The van der Waals surface area contributed by atoms with Crippen molar-refractivity contribution >= 4 is 12.3 Å². The molecule has 0 aromatic carbocycles. The first-order valence-corrected chi connectivity index (χ1v) is 1.70. The van der Waals surface area contributed by atoms with Crippen LogP contribution in [0.4, 0.5) is 9.59 Å². The first-order valence-electron chi connectivity index (χ1n) is 1.70. The minimum atomic E-state index is -1.72. The zero-order valence-corrected chi connectivity index (χ0v) is 8.28. The Bertz CT molecular complexity index is 103. The zero-order chi connectivity index (χ0) is 8.57. The van der Waals surface area contributed by atoms with Crippen molar-refractivity contribution in [3.05, 3.63) is 0 Å². The zero-order valence-electron chi connectivity index (χ0n) is 5.31. The monoisotopic (exact) mass is 216 g/mol. The van der Waals surface area contributed by atoms with Gasteiger partial charge in [-0.3, -0.25) is 0 Å². The van der Waals surface area contributed by atoms with E-state index in [2.05, 4.69) is 21.5 Å². The van der Waals surface area contributed by atoms with Crippen molar-refractivity contribution in [1.29, 1.82) is 0 Å².